The van der Waals surface area contributed by atoms with Crippen molar-refractivity contribution in [2.75, 3.05) is 22.9 Å². The molecule has 1 aromatic heterocycles. The van der Waals surface area contributed by atoms with E-state index in [-0.39, 0.29) is 6.61 Å². The highest BCUT2D eigenvalue weighted by Crippen LogP contribution is 2.22. The highest BCUT2D eigenvalue weighted by molar-refractivity contribution is 7.92. The summed E-state index contributed by atoms with van der Waals surface area (Å²) in [5.41, 5.74) is 2.14. The number of nitrogens with zero attached hydrogens (tertiary/aromatic N) is 2. The van der Waals surface area contributed by atoms with Gasteiger partial charge >= 0.3 is 0 Å². The van der Waals surface area contributed by atoms with E-state index in [2.05, 4.69) is 15.1 Å². The van der Waals surface area contributed by atoms with Gasteiger partial charge < -0.3 is 10.4 Å². The molecule has 0 fully saturated rings. The average molecular weight is 310 g/mol. The zero-order chi connectivity index (χ0) is 15.3. The summed E-state index contributed by atoms with van der Waals surface area (Å²) >= 11 is 0. The van der Waals surface area contributed by atoms with Crippen molar-refractivity contribution in [2.24, 2.45) is 0 Å². The number of aromatic nitrogens is 2. The van der Waals surface area contributed by atoms with Crippen molar-refractivity contribution in [1.29, 1.82) is 0 Å². The number of hydrogen-bond donors (Lipinski definition) is 3. The average Bonchev–Trinajstić information content (AvgIpc) is 2.84. The van der Waals surface area contributed by atoms with E-state index in [1.54, 1.807) is 29.1 Å². The Balaban J connectivity index is 2.05. The molecule has 21 heavy (non-hydrogen) atoms. The van der Waals surface area contributed by atoms with E-state index in [0.717, 1.165) is 11.8 Å². The molecular weight excluding hydrogens is 292 g/mol. The summed E-state index contributed by atoms with van der Waals surface area (Å²) in [4.78, 5) is 0. The standard InChI is InChI=1S/C13H18N4O3S/c1-21(19,20)16-13-5-3-2-4-12(13)14-8-11-9-15-17(10-11)6-7-18/h2-5,9-10,14,16,18H,6-8H2,1H3. The van der Waals surface area contributed by atoms with Crippen LogP contribution in [0, 0.1) is 0 Å². The molecule has 114 valence electrons. The molecule has 0 saturated carbocycles. The lowest BCUT2D eigenvalue weighted by molar-refractivity contribution is 0.269. The van der Waals surface area contributed by atoms with Crippen LogP contribution in [0.15, 0.2) is 36.7 Å². The number of hydrogen-bond acceptors (Lipinski definition) is 5. The molecule has 0 amide bonds. The van der Waals surface area contributed by atoms with Gasteiger partial charge in [0.25, 0.3) is 0 Å². The number of benzene rings is 1. The lowest BCUT2D eigenvalue weighted by Crippen LogP contribution is -2.11. The van der Waals surface area contributed by atoms with Crippen molar-refractivity contribution < 1.29 is 13.5 Å². The Labute approximate surface area is 123 Å². The Bertz CT molecular complexity index is 697. The molecule has 0 aliphatic carbocycles. The second-order valence-corrected chi connectivity index (χ2v) is 6.36. The minimum atomic E-state index is -3.32. The van der Waals surface area contributed by atoms with Gasteiger partial charge in [-0.2, -0.15) is 5.10 Å². The molecule has 1 aromatic carbocycles. The summed E-state index contributed by atoms with van der Waals surface area (Å²) in [6.07, 6.45) is 4.65. The van der Waals surface area contributed by atoms with E-state index >= 15 is 0 Å². The predicted octanol–water partition coefficient (Wildman–Crippen LogP) is 0.859. The molecule has 3 N–H and O–H groups in total. The van der Waals surface area contributed by atoms with Crippen LogP contribution in [0.25, 0.3) is 0 Å². The van der Waals surface area contributed by atoms with E-state index in [1.165, 1.54) is 0 Å². The van der Waals surface area contributed by atoms with Crippen LogP contribution in [-0.2, 0) is 23.1 Å². The first-order chi connectivity index (χ1) is 9.98. The zero-order valence-electron chi connectivity index (χ0n) is 11.7. The van der Waals surface area contributed by atoms with Crippen LogP contribution in [0.2, 0.25) is 0 Å². The van der Waals surface area contributed by atoms with Gasteiger partial charge in [-0.05, 0) is 12.1 Å². The molecule has 0 atom stereocenters. The first-order valence-electron chi connectivity index (χ1n) is 6.41. The van der Waals surface area contributed by atoms with E-state index in [0.29, 0.717) is 24.5 Å². The van der Waals surface area contributed by atoms with Crippen LogP contribution in [0.5, 0.6) is 0 Å². The summed E-state index contributed by atoms with van der Waals surface area (Å²) in [7, 11) is -3.32. The quantitative estimate of drug-likeness (QED) is 0.705. The highest BCUT2D eigenvalue weighted by Gasteiger charge is 2.07. The number of anilines is 2. The molecule has 0 radical (unpaired) electrons. The number of aliphatic hydroxyl groups excluding tert-OH is 1. The number of para-hydroxylation sites is 2. The minimum Gasteiger partial charge on any atom is -0.394 e. The van der Waals surface area contributed by atoms with Gasteiger partial charge in [0, 0.05) is 18.3 Å². The summed E-state index contributed by atoms with van der Waals surface area (Å²) in [6.45, 7) is 0.996. The van der Waals surface area contributed by atoms with E-state index in [4.69, 9.17) is 5.11 Å². The first kappa shape index (κ1) is 15.3. The van der Waals surface area contributed by atoms with Gasteiger partial charge in [-0.25, -0.2) is 8.42 Å². The second-order valence-electron chi connectivity index (χ2n) is 4.61. The number of aliphatic hydroxyl groups is 1. The van der Waals surface area contributed by atoms with Crippen LogP contribution < -0.4 is 10.0 Å². The molecule has 0 unspecified atom stereocenters. The van der Waals surface area contributed by atoms with Crippen molar-refractivity contribution in [3.63, 3.8) is 0 Å². The molecule has 2 rings (SSSR count). The third kappa shape index (κ3) is 4.76. The van der Waals surface area contributed by atoms with Crippen LogP contribution in [0.4, 0.5) is 11.4 Å². The molecule has 0 saturated heterocycles. The SMILES string of the molecule is CS(=O)(=O)Nc1ccccc1NCc1cnn(CCO)c1. The summed E-state index contributed by atoms with van der Waals surface area (Å²) in [5.74, 6) is 0. The molecule has 2 aromatic rings. The van der Waals surface area contributed by atoms with Gasteiger partial charge in [-0.3, -0.25) is 9.40 Å². The zero-order valence-corrected chi connectivity index (χ0v) is 12.5. The Kier molecular flexibility index (Phi) is 4.81. The number of nitrogens with one attached hydrogen (secondary N) is 2. The van der Waals surface area contributed by atoms with Crippen LogP contribution >= 0.6 is 0 Å². The Morgan fingerprint density at radius 2 is 2.00 bits per heavy atom. The largest absolute Gasteiger partial charge is 0.394 e. The lowest BCUT2D eigenvalue weighted by Gasteiger charge is -2.12. The van der Waals surface area contributed by atoms with Crippen LogP contribution in [0.3, 0.4) is 0 Å². The van der Waals surface area contributed by atoms with Gasteiger partial charge in [0.1, 0.15) is 0 Å². The highest BCUT2D eigenvalue weighted by atomic mass is 32.2. The second kappa shape index (κ2) is 6.59. The van der Waals surface area contributed by atoms with Crippen LogP contribution in [0.1, 0.15) is 5.56 Å². The summed E-state index contributed by atoms with van der Waals surface area (Å²) in [6, 6.07) is 7.08. The Morgan fingerprint density at radius 3 is 2.67 bits per heavy atom. The van der Waals surface area contributed by atoms with Crippen molar-refractivity contribution >= 4 is 21.4 Å². The van der Waals surface area contributed by atoms with Crippen molar-refractivity contribution in [3.05, 3.63) is 42.2 Å². The third-order valence-corrected chi connectivity index (χ3v) is 3.31. The van der Waals surface area contributed by atoms with E-state index in [1.807, 2.05) is 12.3 Å². The maximum absolute atomic E-state index is 11.3. The molecule has 8 heteroatoms. The van der Waals surface area contributed by atoms with Gasteiger partial charge in [0.15, 0.2) is 0 Å². The Hall–Kier alpha value is -2.06. The monoisotopic (exact) mass is 310 g/mol. The van der Waals surface area contributed by atoms with E-state index in [9.17, 15) is 8.42 Å². The normalized spacial score (nSPS) is 11.3. The summed E-state index contributed by atoms with van der Waals surface area (Å²) < 4.78 is 26.8. The number of sulfonamides is 1. The minimum absolute atomic E-state index is 0.0374. The molecule has 0 aliphatic heterocycles. The van der Waals surface area contributed by atoms with Crippen molar-refractivity contribution in [1.82, 2.24) is 9.78 Å². The molecular formula is C13H18N4O3S. The maximum Gasteiger partial charge on any atom is 0.229 e. The summed E-state index contributed by atoms with van der Waals surface area (Å²) in [5, 5.41) is 16.1. The van der Waals surface area contributed by atoms with Crippen molar-refractivity contribution in [2.45, 2.75) is 13.1 Å². The molecule has 0 bridgehead atoms. The van der Waals surface area contributed by atoms with Crippen molar-refractivity contribution in [3.8, 4) is 0 Å². The fraction of sp³-hybridized carbons (Fsp3) is 0.308. The fourth-order valence-electron chi connectivity index (χ4n) is 1.85. The fourth-order valence-corrected chi connectivity index (χ4v) is 2.42. The molecule has 1 heterocycles. The number of rotatable bonds is 7. The smallest absolute Gasteiger partial charge is 0.229 e. The first-order valence-corrected chi connectivity index (χ1v) is 8.30. The molecule has 7 nitrogen and oxygen atoms in total. The molecule has 0 spiro atoms. The van der Waals surface area contributed by atoms with Gasteiger partial charge in [-0.1, -0.05) is 12.1 Å². The van der Waals surface area contributed by atoms with Crippen LogP contribution in [-0.4, -0.2) is 36.2 Å². The van der Waals surface area contributed by atoms with E-state index < -0.39 is 10.0 Å². The Morgan fingerprint density at radius 1 is 1.29 bits per heavy atom. The molecule has 0 aliphatic rings. The lowest BCUT2D eigenvalue weighted by atomic mass is 10.2. The predicted molar refractivity (Wildman–Crippen MR) is 81.5 cm³/mol. The van der Waals surface area contributed by atoms with Gasteiger partial charge in [0.05, 0.1) is 37.0 Å². The maximum atomic E-state index is 11.3. The van der Waals surface area contributed by atoms with Gasteiger partial charge in [0.2, 0.25) is 10.0 Å². The topological polar surface area (TPSA) is 96.3 Å². The third-order valence-electron chi connectivity index (χ3n) is 2.72. The van der Waals surface area contributed by atoms with Gasteiger partial charge in [-0.15, -0.1) is 0 Å².